The van der Waals surface area contributed by atoms with Gasteiger partial charge in [0.1, 0.15) is 6.04 Å². The smallest absolute Gasteiger partial charge is 0.320 e. The van der Waals surface area contributed by atoms with Crippen LogP contribution in [0.4, 0.5) is 0 Å². The fourth-order valence-corrected chi connectivity index (χ4v) is 1.08. The van der Waals surface area contributed by atoms with Gasteiger partial charge in [-0.3, -0.25) is 4.79 Å². The lowest BCUT2D eigenvalue weighted by molar-refractivity contribution is -0.140. The van der Waals surface area contributed by atoms with E-state index in [-0.39, 0.29) is 0 Å². The molecule has 0 rings (SSSR count). The second kappa shape index (κ2) is 9.89. The van der Waals surface area contributed by atoms with Crippen LogP contribution in [0, 0.1) is 0 Å². The van der Waals surface area contributed by atoms with Gasteiger partial charge < -0.3 is 19.9 Å². The van der Waals surface area contributed by atoms with E-state index in [0.717, 1.165) is 13.0 Å². The van der Waals surface area contributed by atoms with Crippen LogP contribution in [-0.2, 0) is 14.3 Å². The molecule has 0 saturated heterocycles. The Kier molecular flexibility index (Phi) is 9.46. The highest BCUT2D eigenvalue weighted by Crippen LogP contribution is 1.94. The number of carboxylic acid groups (broad SMARTS) is 1. The molecule has 0 aromatic carbocycles. The molecule has 0 amide bonds. The third-order valence-electron chi connectivity index (χ3n) is 1.92. The Morgan fingerprint density at radius 3 is 2.67 bits per heavy atom. The summed E-state index contributed by atoms with van der Waals surface area (Å²) in [5, 5.41) is 11.8. The summed E-state index contributed by atoms with van der Waals surface area (Å²) in [5.41, 5.74) is 0. The van der Waals surface area contributed by atoms with Gasteiger partial charge in [0.05, 0.1) is 13.2 Å². The summed E-state index contributed by atoms with van der Waals surface area (Å²) in [6.45, 7) is 4.21. The SMILES string of the molecule is CCCNC(CCOCCOC)C(=O)O. The minimum Gasteiger partial charge on any atom is -0.480 e. The normalized spacial score (nSPS) is 12.7. The summed E-state index contributed by atoms with van der Waals surface area (Å²) in [6, 6.07) is -0.507. The molecule has 1 unspecified atom stereocenters. The van der Waals surface area contributed by atoms with Gasteiger partial charge in [0, 0.05) is 13.7 Å². The van der Waals surface area contributed by atoms with E-state index in [1.165, 1.54) is 0 Å². The van der Waals surface area contributed by atoms with E-state index in [9.17, 15) is 4.79 Å². The lowest BCUT2D eigenvalue weighted by atomic mass is 10.2. The summed E-state index contributed by atoms with van der Waals surface area (Å²) in [6.07, 6.45) is 1.41. The molecule has 0 spiro atoms. The van der Waals surface area contributed by atoms with E-state index in [0.29, 0.717) is 26.2 Å². The molecule has 5 nitrogen and oxygen atoms in total. The molecule has 90 valence electrons. The van der Waals surface area contributed by atoms with Gasteiger partial charge in [-0.2, -0.15) is 0 Å². The molecule has 2 N–H and O–H groups in total. The van der Waals surface area contributed by atoms with Crippen LogP contribution >= 0.6 is 0 Å². The van der Waals surface area contributed by atoms with Crippen molar-refractivity contribution in [1.29, 1.82) is 0 Å². The molecule has 0 aromatic heterocycles. The van der Waals surface area contributed by atoms with Crippen molar-refractivity contribution in [2.75, 3.05) is 33.5 Å². The highest BCUT2D eigenvalue weighted by atomic mass is 16.5. The zero-order valence-corrected chi connectivity index (χ0v) is 9.49. The van der Waals surface area contributed by atoms with Crippen molar-refractivity contribution >= 4 is 5.97 Å². The van der Waals surface area contributed by atoms with Crippen molar-refractivity contribution in [3.63, 3.8) is 0 Å². The van der Waals surface area contributed by atoms with E-state index in [1.54, 1.807) is 7.11 Å². The molecule has 0 saturated carbocycles. The molecular weight excluding hydrogens is 198 g/mol. The molecule has 0 aliphatic carbocycles. The number of hydrogen-bond donors (Lipinski definition) is 2. The number of ether oxygens (including phenoxy) is 2. The third kappa shape index (κ3) is 8.35. The van der Waals surface area contributed by atoms with Crippen molar-refractivity contribution in [3.05, 3.63) is 0 Å². The van der Waals surface area contributed by atoms with E-state index in [4.69, 9.17) is 14.6 Å². The first-order valence-electron chi connectivity index (χ1n) is 5.25. The second-order valence-electron chi connectivity index (χ2n) is 3.24. The lowest BCUT2D eigenvalue weighted by Gasteiger charge is -2.13. The molecule has 15 heavy (non-hydrogen) atoms. The average Bonchev–Trinajstić information content (AvgIpc) is 2.21. The Balaban J connectivity index is 3.53. The number of hydrogen-bond acceptors (Lipinski definition) is 4. The molecule has 0 radical (unpaired) electrons. The van der Waals surface area contributed by atoms with E-state index >= 15 is 0 Å². The first kappa shape index (κ1) is 14.3. The Morgan fingerprint density at radius 1 is 1.40 bits per heavy atom. The number of carbonyl (C=O) groups is 1. The zero-order valence-electron chi connectivity index (χ0n) is 9.49. The van der Waals surface area contributed by atoms with Crippen molar-refractivity contribution in [2.45, 2.75) is 25.8 Å². The lowest BCUT2D eigenvalue weighted by Crippen LogP contribution is -2.38. The van der Waals surface area contributed by atoms with Crippen molar-refractivity contribution in [1.82, 2.24) is 5.32 Å². The van der Waals surface area contributed by atoms with Crippen LogP contribution in [0.5, 0.6) is 0 Å². The molecule has 0 bridgehead atoms. The van der Waals surface area contributed by atoms with E-state index in [1.807, 2.05) is 6.92 Å². The van der Waals surface area contributed by atoms with E-state index < -0.39 is 12.0 Å². The van der Waals surface area contributed by atoms with Crippen LogP contribution in [0.1, 0.15) is 19.8 Å². The first-order valence-corrected chi connectivity index (χ1v) is 5.25. The van der Waals surface area contributed by atoms with Gasteiger partial charge in [0.2, 0.25) is 0 Å². The molecule has 0 aromatic rings. The van der Waals surface area contributed by atoms with Crippen molar-refractivity contribution in [2.24, 2.45) is 0 Å². The van der Waals surface area contributed by atoms with Crippen molar-refractivity contribution in [3.8, 4) is 0 Å². The van der Waals surface area contributed by atoms with Gasteiger partial charge in [-0.05, 0) is 19.4 Å². The maximum absolute atomic E-state index is 10.8. The fourth-order valence-electron chi connectivity index (χ4n) is 1.08. The van der Waals surface area contributed by atoms with Gasteiger partial charge in [-0.25, -0.2) is 0 Å². The molecule has 5 heteroatoms. The average molecular weight is 219 g/mol. The molecule has 1 atom stereocenters. The summed E-state index contributed by atoms with van der Waals surface area (Å²) in [4.78, 5) is 10.8. The Labute approximate surface area is 90.8 Å². The largest absolute Gasteiger partial charge is 0.480 e. The summed E-state index contributed by atoms with van der Waals surface area (Å²) in [7, 11) is 1.60. The Bertz CT molecular complexity index is 164. The quantitative estimate of drug-likeness (QED) is 0.523. The standard InChI is InChI=1S/C10H21NO4/c1-3-5-11-9(10(12)13)4-6-15-8-7-14-2/h9,11H,3-8H2,1-2H3,(H,12,13). The summed E-state index contributed by atoms with van der Waals surface area (Å²) < 4.78 is 10.0. The molecule has 0 aliphatic rings. The van der Waals surface area contributed by atoms with Crippen LogP contribution in [0.25, 0.3) is 0 Å². The summed E-state index contributed by atoms with van der Waals surface area (Å²) in [5.74, 6) is -0.821. The zero-order chi connectivity index (χ0) is 11.5. The number of aliphatic carboxylic acids is 1. The van der Waals surface area contributed by atoms with Crippen molar-refractivity contribution < 1.29 is 19.4 Å². The van der Waals surface area contributed by atoms with Crippen LogP contribution in [0.15, 0.2) is 0 Å². The first-order chi connectivity index (χ1) is 7.22. The molecule has 0 aliphatic heterocycles. The predicted octanol–water partition coefficient (Wildman–Crippen LogP) is 0.492. The fraction of sp³-hybridized carbons (Fsp3) is 0.900. The second-order valence-corrected chi connectivity index (χ2v) is 3.24. The maximum atomic E-state index is 10.8. The maximum Gasteiger partial charge on any atom is 0.320 e. The van der Waals surface area contributed by atoms with Crippen LogP contribution in [-0.4, -0.2) is 50.6 Å². The molecule has 0 fully saturated rings. The third-order valence-corrected chi connectivity index (χ3v) is 1.92. The van der Waals surface area contributed by atoms with Crippen LogP contribution < -0.4 is 5.32 Å². The molecular formula is C10H21NO4. The Morgan fingerprint density at radius 2 is 2.13 bits per heavy atom. The highest BCUT2D eigenvalue weighted by molar-refractivity contribution is 5.73. The monoisotopic (exact) mass is 219 g/mol. The Hall–Kier alpha value is -0.650. The van der Waals surface area contributed by atoms with Gasteiger partial charge in [-0.1, -0.05) is 6.92 Å². The topological polar surface area (TPSA) is 67.8 Å². The van der Waals surface area contributed by atoms with Crippen LogP contribution in [0.3, 0.4) is 0 Å². The number of rotatable bonds is 10. The number of methoxy groups -OCH3 is 1. The van der Waals surface area contributed by atoms with Gasteiger partial charge in [0.25, 0.3) is 0 Å². The van der Waals surface area contributed by atoms with E-state index in [2.05, 4.69) is 5.32 Å². The minimum atomic E-state index is -0.821. The predicted molar refractivity (Wildman–Crippen MR) is 57.0 cm³/mol. The highest BCUT2D eigenvalue weighted by Gasteiger charge is 2.15. The number of carboxylic acids is 1. The van der Waals surface area contributed by atoms with Gasteiger partial charge in [-0.15, -0.1) is 0 Å². The van der Waals surface area contributed by atoms with Gasteiger partial charge in [0.15, 0.2) is 0 Å². The summed E-state index contributed by atoms with van der Waals surface area (Å²) >= 11 is 0. The van der Waals surface area contributed by atoms with Crippen LogP contribution in [0.2, 0.25) is 0 Å². The minimum absolute atomic E-state index is 0.442. The molecule has 0 heterocycles. The van der Waals surface area contributed by atoms with Gasteiger partial charge >= 0.3 is 5.97 Å². The number of nitrogens with one attached hydrogen (secondary N) is 1.